The maximum Gasteiger partial charge on any atom is 0.201 e. The highest BCUT2D eigenvalue weighted by Crippen LogP contribution is 2.15. The number of nitrogens with one attached hydrogen (secondary N) is 2. The summed E-state index contributed by atoms with van der Waals surface area (Å²) in [6.07, 6.45) is 2.58. The zero-order valence-electron chi connectivity index (χ0n) is 11.3. The molecule has 0 saturated carbocycles. The summed E-state index contributed by atoms with van der Waals surface area (Å²) in [4.78, 5) is 2.43. The molecule has 1 fully saturated rings. The molecule has 0 amide bonds. The number of nitriles is 1. The number of amidine groups is 1. The summed E-state index contributed by atoms with van der Waals surface area (Å²) >= 11 is 0. The van der Waals surface area contributed by atoms with Gasteiger partial charge in [-0.3, -0.25) is 15.7 Å². The van der Waals surface area contributed by atoms with Crippen LogP contribution in [0.25, 0.3) is 0 Å². The molecule has 2 rings (SSSR count). The lowest BCUT2D eigenvalue weighted by atomic mass is 10.2. The average molecular weight is 270 g/mol. The number of benzene rings is 1. The first-order valence-electron chi connectivity index (χ1n) is 6.58. The number of nitrogens with two attached hydrogens (primary N) is 1. The number of likely N-dealkylation sites (tertiary alicyclic amines) is 1. The van der Waals surface area contributed by atoms with Gasteiger partial charge in [0.2, 0.25) is 5.71 Å². The molecule has 1 aromatic carbocycles. The molecule has 104 valence electrons. The molecule has 6 nitrogen and oxygen atoms in total. The minimum atomic E-state index is -0.342. The molecule has 1 saturated heterocycles. The van der Waals surface area contributed by atoms with Crippen LogP contribution >= 0.6 is 0 Å². The molecule has 0 radical (unpaired) electrons. The van der Waals surface area contributed by atoms with Gasteiger partial charge in [0.25, 0.3) is 0 Å². The fourth-order valence-electron chi connectivity index (χ4n) is 2.15. The fraction of sp³-hybridized carbons (Fsp3) is 0.357. The van der Waals surface area contributed by atoms with Gasteiger partial charge < -0.3 is 5.73 Å². The van der Waals surface area contributed by atoms with Crippen molar-refractivity contribution < 1.29 is 0 Å². The zero-order chi connectivity index (χ0) is 14.4. The van der Waals surface area contributed by atoms with Crippen molar-refractivity contribution >= 4 is 17.2 Å². The second kappa shape index (κ2) is 6.68. The van der Waals surface area contributed by atoms with Gasteiger partial charge in [-0.25, -0.2) is 0 Å². The van der Waals surface area contributed by atoms with E-state index in [0.717, 1.165) is 12.2 Å². The molecule has 1 aliphatic heterocycles. The van der Waals surface area contributed by atoms with Gasteiger partial charge in [-0.1, -0.05) is 12.1 Å². The van der Waals surface area contributed by atoms with E-state index in [-0.39, 0.29) is 11.5 Å². The van der Waals surface area contributed by atoms with Crippen LogP contribution in [0.2, 0.25) is 0 Å². The van der Waals surface area contributed by atoms with Crippen molar-refractivity contribution in [1.29, 1.82) is 10.7 Å². The SMILES string of the molecule is N#C/C(=N\Nc1ccc(CN2CCCC2)cc1)C(=N)N. The van der Waals surface area contributed by atoms with Gasteiger partial charge >= 0.3 is 0 Å². The third-order valence-electron chi connectivity index (χ3n) is 3.22. The molecule has 0 bridgehead atoms. The van der Waals surface area contributed by atoms with Crippen LogP contribution in [0.5, 0.6) is 0 Å². The predicted molar refractivity (Wildman–Crippen MR) is 79.5 cm³/mol. The molecule has 20 heavy (non-hydrogen) atoms. The standard InChI is InChI=1S/C14H18N6/c15-9-13(14(16)17)19-18-12-5-3-11(4-6-12)10-20-7-1-2-8-20/h3-6,18H,1-2,7-8,10H2,(H3,16,17)/b19-13+. The smallest absolute Gasteiger partial charge is 0.201 e. The lowest BCUT2D eigenvalue weighted by Gasteiger charge is -2.14. The van der Waals surface area contributed by atoms with E-state index in [4.69, 9.17) is 16.4 Å². The van der Waals surface area contributed by atoms with Crippen LogP contribution in [0.3, 0.4) is 0 Å². The summed E-state index contributed by atoms with van der Waals surface area (Å²) in [6.45, 7) is 3.32. The van der Waals surface area contributed by atoms with E-state index in [1.54, 1.807) is 6.07 Å². The monoisotopic (exact) mass is 270 g/mol. The summed E-state index contributed by atoms with van der Waals surface area (Å²) in [5, 5.41) is 19.7. The van der Waals surface area contributed by atoms with Crippen LogP contribution in [-0.2, 0) is 6.54 Å². The highest BCUT2D eigenvalue weighted by Gasteiger charge is 2.11. The number of hydrogen-bond acceptors (Lipinski definition) is 5. The van der Waals surface area contributed by atoms with E-state index in [0.29, 0.717) is 0 Å². The summed E-state index contributed by atoms with van der Waals surface area (Å²) in [6, 6.07) is 9.65. The molecular formula is C14H18N6. The predicted octanol–water partition coefficient (Wildman–Crippen LogP) is 1.51. The Kier molecular flexibility index (Phi) is 4.69. The molecule has 0 unspecified atom stereocenters. The number of anilines is 1. The van der Waals surface area contributed by atoms with Crippen LogP contribution < -0.4 is 11.2 Å². The first kappa shape index (κ1) is 14.0. The molecule has 0 aliphatic carbocycles. The van der Waals surface area contributed by atoms with Crippen molar-refractivity contribution in [3.05, 3.63) is 29.8 Å². The van der Waals surface area contributed by atoms with Crippen molar-refractivity contribution in [3.63, 3.8) is 0 Å². The average Bonchev–Trinajstić information content (AvgIpc) is 2.94. The second-order valence-electron chi connectivity index (χ2n) is 4.78. The van der Waals surface area contributed by atoms with E-state index < -0.39 is 0 Å². The molecule has 1 aliphatic rings. The molecule has 1 aromatic rings. The lowest BCUT2D eigenvalue weighted by Crippen LogP contribution is -2.21. The zero-order valence-corrected chi connectivity index (χ0v) is 11.3. The normalized spacial score (nSPS) is 15.8. The van der Waals surface area contributed by atoms with E-state index in [1.165, 1.54) is 31.5 Å². The van der Waals surface area contributed by atoms with Gasteiger partial charge in [0, 0.05) is 6.54 Å². The third-order valence-corrected chi connectivity index (χ3v) is 3.22. The Morgan fingerprint density at radius 1 is 1.35 bits per heavy atom. The van der Waals surface area contributed by atoms with Crippen molar-refractivity contribution in [3.8, 4) is 6.07 Å². The van der Waals surface area contributed by atoms with Gasteiger partial charge in [0.15, 0.2) is 5.84 Å². The molecule has 0 aromatic heterocycles. The van der Waals surface area contributed by atoms with Gasteiger partial charge in [-0.15, -0.1) is 0 Å². The Bertz CT molecular complexity index is 534. The van der Waals surface area contributed by atoms with Crippen LogP contribution in [0, 0.1) is 16.7 Å². The minimum Gasteiger partial charge on any atom is -0.382 e. The number of hydrogen-bond donors (Lipinski definition) is 3. The molecule has 4 N–H and O–H groups in total. The lowest BCUT2D eigenvalue weighted by molar-refractivity contribution is 0.331. The quantitative estimate of drug-likeness (QED) is 0.429. The first-order chi connectivity index (χ1) is 9.69. The van der Waals surface area contributed by atoms with Crippen LogP contribution in [-0.4, -0.2) is 29.5 Å². The molecule has 1 heterocycles. The van der Waals surface area contributed by atoms with Gasteiger partial charge in [0.05, 0.1) is 5.69 Å². The molecular weight excluding hydrogens is 252 g/mol. The molecule has 0 spiro atoms. The van der Waals surface area contributed by atoms with Crippen molar-refractivity contribution in [2.45, 2.75) is 19.4 Å². The van der Waals surface area contributed by atoms with Gasteiger partial charge in [-0.05, 0) is 43.6 Å². The largest absolute Gasteiger partial charge is 0.382 e. The third kappa shape index (κ3) is 3.80. The summed E-state index contributed by atoms with van der Waals surface area (Å²) in [5.74, 6) is -0.342. The molecule has 0 atom stereocenters. The summed E-state index contributed by atoms with van der Waals surface area (Å²) in [5.41, 5.74) is 9.85. The van der Waals surface area contributed by atoms with Crippen molar-refractivity contribution in [2.75, 3.05) is 18.5 Å². The maximum atomic E-state index is 8.73. The van der Waals surface area contributed by atoms with Gasteiger partial charge in [-0.2, -0.15) is 10.4 Å². The van der Waals surface area contributed by atoms with Crippen molar-refractivity contribution in [1.82, 2.24) is 4.90 Å². The Labute approximate surface area is 118 Å². The Morgan fingerprint density at radius 3 is 2.55 bits per heavy atom. The first-order valence-corrected chi connectivity index (χ1v) is 6.58. The van der Waals surface area contributed by atoms with Crippen LogP contribution in [0.1, 0.15) is 18.4 Å². The summed E-state index contributed by atoms with van der Waals surface area (Å²) < 4.78 is 0. The van der Waals surface area contributed by atoms with Crippen molar-refractivity contribution in [2.24, 2.45) is 10.8 Å². The molecule has 6 heteroatoms. The highest BCUT2D eigenvalue weighted by molar-refractivity contribution is 6.45. The Hall–Kier alpha value is -2.39. The number of nitrogens with zero attached hydrogens (tertiary/aromatic N) is 3. The van der Waals surface area contributed by atoms with E-state index in [1.807, 2.05) is 24.3 Å². The number of rotatable bonds is 5. The van der Waals surface area contributed by atoms with E-state index in [2.05, 4.69) is 15.4 Å². The van der Waals surface area contributed by atoms with Crippen LogP contribution in [0.4, 0.5) is 5.69 Å². The maximum absolute atomic E-state index is 8.73. The Balaban J connectivity index is 1.94. The fourth-order valence-corrected chi connectivity index (χ4v) is 2.15. The van der Waals surface area contributed by atoms with E-state index >= 15 is 0 Å². The summed E-state index contributed by atoms with van der Waals surface area (Å²) in [7, 11) is 0. The van der Waals surface area contributed by atoms with Gasteiger partial charge in [0.1, 0.15) is 6.07 Å². The highest BCUT2D eigenvalue weighted by atomic mass is 15.3. The topological polar surface area (TPSA) is 101 Å². The van der Waals surface area contributed by atoms with Crippen LogP contribution in [0.15, 0.2) is 29.4 Å². The minimum absolute atomic E-state index is 0.119. The number of hydrazone groups is 1. The second-order valence-corrected chi connectivity index (χ2v) is 4.78. The Morgan fingerprint density at radius 2 is 2.00 bits per heavy atom. The van der Waals surface area contributed by atoms with E-state index in [9.17, 15) is 0 Å².